The molecule has 0 atom stereocenters. The number of nitrogens with one attached hydrogen (secondary N) is 2. The van der Waals surface area contributed by atoms with Gasteiger partial charge >= 0.3 is 0 Å². The van der Waals surface area contributed by atoms with E-state index in [1.54, 1.807) is 4.52 Å². The minimum absolute atomic E-state index is 0.112. The number of amides is 1. The molecule has 166 valence electrons. The molecule has 2 N–H and O–H groups in total. The van der Waals surface area contributed by atoms with Gasteiger partial charge in [-0.15, -0.1) is 0 Å². The molecule has 33 heavy (non-hydrogen) atoms. The number of aromatic nitrogens is 3. The zero-order chi connectivity index (χ0) is 22.9. The van der Waals surface area contributed by atoms with Gasteiger partial charge in [-0.25, -0.2) is 9.50 Å². The molecule has 0 spiro atoms. The smallest absolute Gasteiger partial charge is 0.260 e. The van der Waals surface area contributed by atoms with Crippen molar-refractivity contribution in [3.63, 3.8) is 0 Å². The van der Waals surface area contributed by atoms with Crippen molar-refractivity contribution in [1.29, 1.82) is 0 Å². The van der Waals surface area contributed by atoms with Gasteiger partial charge in [0.1, 0.15) is 11.9 Å². The maximum Gasteiger partial charge on any atom is 0.260 e. The molecule has 5 rings (SSSR count). The molecular formula is C25H23N5O2S. The van der Waals surface area contributed by atoms with Gasteiger partial charge in [-0.3, -0.25) is 10.1 Å². The fraction of sp³-hybridized carbons (Fsp3) is 0.200. The lowest BCUT2D eigenvalue weighted by atomic mass is 10.1. The van der Waals surface area contributed by atoms with E-state index in [2.05, 4.69) is 45.0 Å². The second-order valence-corrected chi connectivity index (χ2v) is 8.57. The van der Waals surface area contributed by atoms with Gasteiger partial charge < -0.3 is 10.1 Å². The third-order valence-corrected chi connectivity index (χ3v) is 5.93. The van der Waals surface area contributed by atoms with Crippen LogP contribution in [-0.4, -0.2) is 31.7 Å². The Morgan fingerprint density at radius 1 is 1.09 bits per heavy atom. The van der Waals surface area contributed by atoms with Crippen LogP contribution in [0.25, 0.3) is 5.65 Å². The Hall–Kier alpha value is -3.78. The molecule has 0 aliphatic heterocycles. The zero-order valence-electron chi connectivity index (χ0n) is 18.3. The van der Waals surface area contributed by atoms with Crippen LogP contribution in [0.5, 0.6) is 5.75 Å². The fourth-order valence-electron chi connectivity index (χ4n) is 4.16. The van der Waals surface area contributed by atoms with E-state index < -0.39 is 0 Å². The van der Waals surface area contributed by atoms with Crippen molar-refractivity contribution < 1.29 is 9.53 Å². The minimum atomic E-state index is -0.344. The number of nitrogens with zero attached hydrogens (tertiary/aromatic N) is 3. The Balaban J connectivity index is 1.22. The molecule has 2 aromatic carbocycles. The van der Waals surface area contributed by atoms with E-state index in [4.69, 9.17) is 17.0 Å². The van der Waals surface area contributed by atoms with Crippen molar-refractivity contribution in [3.8, 4) is 5.75 Å². The largest absolute Gasteiger partial charge is 0.490 e. The number of ether oxygens (including phenoxy) is 1. The van der Waals surface area contributed by atoms with E-state index in [0.717, 1.165) is 30.0 Å². The first-order chi connectivity index (χ1) is 16.0. The summed E-state index contributed by atoms with van der Waals surface area (Å²) in [5.41, 5.74) is 6.06. The quantitative estimate of drug-likeness (QED) is 0.451. The van der Waals surface area contributed by atoms with Crippen molar-refractivity contribution in [3.05, 3.63) is 88.9 Å². The first-order valence-corrected chi connectivity index (χ1v) is 11.1. The average molecular weight is 458 g/mol. The molecule has 0 bridgehead atoms. The summed E-state index contributed by atoms with van der Waals surface area (Å²) in [7, 11) is 0. The molecule has 4 aromatic rings. The third kappa shape index (κ3) is 4.42. The summed E-state index contributed by atoms with van der Waals surface area (Å²) in [6.45, 7) is 3.71. The van der Waals surface area contributed by atoms with Gasteiger partial charge in [-0.1, -0.05) is 30.3 Å². The number of hydrogen-bond donors (Lipinski definition) is 2. The molecule has 1 aliphatic carbocycles. The Labute approximate surface area is 196 Å². The molecule has 0 saturated carbocycles. The van der Waals surface area contributed by atoms with Gasteiger partial charge in [-0.05, 0) is 49.3 Å². The van der Waals surface area contributed by atoms with Crippen LogP contribution in [0.15, 0.2) is 60.8 Å². The number of anilines is 1. The SMILES string of the molecule is Cc1cc2ncc(C(=O)NC(=S)Nc3cccc(OC4Cc5ccccc5C4)c3)c(C)n2n1. The Morgan fingerprint density at radius 2 is 1.85 bits per heavy atom. The van der Waals surface area contributed by atoms with Crippen molar-refractivity contribution in [2.24, 2.45) is 0 Å². The molecule has 1 amide bonds. The summed E-state index contributed by atoms with van der Waals surface area (Å²) in [6, 6.07) is 17.9. The Kier molecular flexibility index (Phi) is 5.51. The predicted octanol–water partition coefficient (Wildman–Crippen LogP) is 4.02. The van der Waals surface area contributed by atoms with Crippen LogP contribution in [0, 0.1) is 13.8 Å². The molecule has 0 radical (unpaired) electrons. The van der Waals surface area contributed by atoms with E-state index in [0.29, 0.717) is 16.9 Å². The summed E-state index contributed by atoms with van der Waals surface area (Å²) < 4.78 is 7.86. The van der Waals surface area contributed by atoms with Gasteiger partial charge in [0.2, 0.25) is 0 Å². The number of carbonyl (C=O) groups is 1. The maximum atomic E-state index is 12.8. The van der Waals surface area contributed by atoms with Crippen LogP contribution in [0.2, 0.25) is 0 Å². The molecule has 2 heterocycles. The highest BCUT2D eigenvalue weighted by Crippen LogP contribution is 2.27. The lowest BCUT2D eigenvalue weighted by Crippen LogP contribution is -2.35. The summed E-state index contributed by atoms with van der Waals surface area (Å²) in [4.78, 5) is 17.1. The van der Waals surface area contributed by atoms with Crippen LogP contribution in [0.3, 0.4) is 0 Å². The monoisotopic (exact) mass is 457 g/mol. The number of carbonyl (C=O) groups excluding carboxylic acids is 1. The lowest BCUT2D eigenvalue weighted by molar-refractivity contribution is 0.0976. The minimum Gasteiger partial charge on any atom is -0.490 e. The molecule has 0 fully saturated rings. The summed E-state index contributed by atoms with van der Waals surface area (Å²) in [6.07, 6.45) is 3.45. The van der Waals surface area contributed by atoms with E-state index in [-0.39, 0.29) is 17.1 Å². The average Bonchev–Trinajstić information content (AvgIpc) is 3.36. The van der Waals surface area contributed by atoms with Crippen molar-refractivity contribution >= 4 is 34.6 Å². The lowest BCUT2D eigenvalue weighted by Gasteiger charge is -2.15. The Bertz CT molecular complexity index is 1360. The first kappa shape index (κ1) is 21.1. The highest BCUT2D eigenvalue weighted by molar-refractivity contribution is 7.80. The molecule has 8 heteroatoms. The van der Waals surface area contributed by atoms with Crippen molar-refractivity contribution in [2.75, 3.05) is 5.32 Å². The number of rotatable bonds is 4. The summed E-state index contributed by atoms with van der Waals surface area (Å²) >= 11 is 5.36. The van der Waals surface area contributed by atoms with E-state index in [1.807, 2.05) is 44.2 Å². The van der Waals surface area contributed by atoms with Crippen molar-refractivity contribution in [1.82, 2.24) is 19.9 Å². The van der Waals surface area contributed by atoms with Crippen LogP contribution in [0.4, 0.5) is 5.69 Å². The van der Waals surface area contributed by atoms with Gasteiger partial charge in [0.15, 0.2) is 10.8 Å². The van der Waals surface area contributed by atoms with E-state index >= 15 is 0 Å². The summed E-state index contributed by atoms with van der Waals surface area (Å²) in [5.74, 6) is 0.412. The first-order valence-electron chi connectivity index (χ1n) is 10.7. The van der Waals surface area contributed by atoms with E-state index in [1.165, 1.54) is 17.3 Å². The molecule has 2 aromatic heterocycles. The Morgan fingerprint density at radius 3 is 2.61 bits per heavy atom. The predicted molar refractivity (Wildman–Crippen MR) is 131 cm³/mol. The fourth-order valence-corrected chi connectivity index (χ4v) is 4.37. The third-order valence-electron chi connectivity index (χ3n) is 5.73. The van der Waals surface area contributed by atoms with Gasteiger partial charge in [0, 0.05) is 36.9 Å². The second-order valence-electron chi connectivity index (χ2n) is 8.17. The second kappa shape index (κ2) is 8.63. The number of hydrogen-bond acceptors (Lipinski definition) is 5. The van der Waals surface area contributed by atoms with Gasteiger partial charge in [0.25, 0.3) is 5.91 Å². The van der Waals surface area contributed by atoms with E-state index in [9.17, 15) is 4.79 Å². The molecule has 0 unspecified atom stereocenters. The number of fused-ring (bicyclic) bond motifs is 2. The number of benzene rings is 2. The summed E-state index contributed by atoms with van der Waals surface area (Å²) in [5, 5.41) is 10.4. The standard InChI is InChI=1S/C25H23N5O2S/c1-15-10-23-26-14-22(16(2)30(23)29-15)24(31)28-25(33)27-19-8-5-9-20(13-19)32-21-11-17-6-3-4-7-18(17)12-21/h3-10,13-14,21H,11-12H2,1-2H3,(H2,27,28,31,33). The van der Waals surface area contributed by atoms with Gasteiger partial charge in [0.05, 0.1) is 17.0 Å². The van der Waals surface area contributed by atoms with Crippen LogP contribution < -0.4 is 15.4 Å². The molecule has 0 saturated heterocycles. The van der Waals surface area contributed by atoms with Crippen LogP contribution in [0.1, 0.15) is 32.9 Å². The van der Waals surface area contributed by atoms with Gasteiger partial charge in [-0.2, -0.15) is 5.10 Å². The molecule has 7 nitrogen and oxygen atoms in total. The highest BCUT2D eigenvalue weighted by atomic mass is 32.1. The van der Waals surface area contributed by atoms with Crippen LogP contribution in [-0.2, 0) is 12.8 Å². The molecule has 1 aliphatic rings. The topological polar surface area (TPSA) is 80.5 Å². The number of aryl methyl sites for hydroxylation is 2. The van der Waals surface area contributed by atoms with Crippen LogP contribution >= 0.6 is 12.2 Å². The zero-order valence-corrected chi connectivity index (χ0v) is 19.1. The normalized spacial score (nSPS) is 13.0. The molecular weight excluding hydrogens is 434 g/mol. The number of thiocarbonyl (C=S) groups is 1. The maximum absolute atomic E-state index is 12.8. The highest BCUT2D eigenvalue weighted by Gasteiger charge is 2.22. The van der Waals surface area contributed by atoms with Crippen molar-refractivity contribution in [2.45, 2.75) is 32.8 Å².